The molecule has 1 N–H and O–H groups in total. The van der Waals surface area contributed by atoms with E-state index in [2.05, 4.69) is 6.92 Å². The molecule has 0 aliphatic heterocycles. The van der Waals surface area contributed by atoms with Gasteiger partial charge in [0, 0.05) is 10.0 Å². The molecule has 0 amide bonds. The third-order valence-electron chi connectivity index (χ3n) is 2.62. The van der Waals surface area contributed by atoms with Gasteiger partial charge >= 0.3 is 0 Å². The average molecular weight is 261 g/mol. The molecule has 1 nitrogen and oxygen atoms in total. The van der Waals surface area contributed by atoms with Gasteiger partial charge in [0.05, 0.1) is 6.10 Å². The van der Waals surface area contributed by atoms with Gasteiger partial charge in [-0.05, 0) is 43.4 Å². The molecule has 0 spiro atoms. The monoisotopic (exact) mass is 260 g/mol. The van der Waals surface area contributed by atoms with Gasteiger partial charge in [-0.3, -0.25) is 0 Å². The highest BCUT2D eigenvalue weighted by molar-refractivity contribution is 6.35. The predicted octanol–water partition coefficient (Wildman–Crippen LogP) is 4.48. The Balaban J connectivity index is 2.37. The molecule has 16 heavy (non-hydrogen) atoms. The Labute approximate surface area is 107 Å². The minimum Gasteiger partial charge on any atom is -0.393 e. The van der Waals surface area contributed by atoms with Crippen molar-refractivity contribution in [3.63, 3.8) is 0 Å². The van der Waals surface area contributed by atoms with Crippen LogP contribution in [0.3, 0.4) is 0 Å². The molecule has 0 bridgehead atoms. The zero-order valence-electron chi connectivity index (χ0n) is 9.55. The molecule has 0 fully saturated rings. The van der Waals surface area contributed by atoms with Crippen molar-refractivity contribution in [1.29, 1.82) is 0 Å². The molecule has 1 rings (SSSR count). The highest BCUT2D eigenvalue weighted by Gasteiger charge is 2.05. The summed E-state index contributed by atoms with van der Waals surface area (Å²) in [4.78, 5) is 0. The van der Waals surface area contributed by atoms with Crippen molar-refractivity contribution >= 4 is 23.2 Å². The topological polar surface area (TPSA) is 20.2 Å². The van der Waals surface area contributed by atoms with E-state index in [9.17, 15) is 5.11 Å². The van der Waals surface area contributed by atoms with E-state index in [1.807, 2.05) is 12.1 Å². The van der Waals surface area contributed by atoms with Crippen LogP contribution in [0.1, 0.15) is 38.2 Å². The fourth-order valence-corrected chi connectivity index (χ4v) is 2.23. The minimum absolute atomic E-state index is 0.170. The second-order valence-corrected chi connectivity index (χ2v) is 4.91. The van der Waals surface area contributed by atoms with Crippen molar-refractivity contribution in [2.45, 2.75) is 45.1 Å². The number of rotatable bonds is 6. The van der Waals surface area contributed by atoms with Crippen LogP contribution < -0.4 is 0 Å². The molecule has 0 aliphatic carbocycles. The van der Waals surface area contributed by atoms with Gasteiger partial charge in [0.15, 0.2) is 0 Å². The van der Waals surface area contributed by atoms with Crippen LogP contribution in [0.4, 0.5) is 0 Å². The molecule has 1 atom stereocenters. The van der Waals surface area contributed by atoms with Crippen LogP contribution in [-0.2, 0) is 6.42 Å². The van der Waals surface area contributed by atoms with E-state index in [0.29, 0.717) is 5.02 Å². The molecule has 90 valence electrons. The maximum atomic E-state index is 9.59. The number of aliphatic hydroxyl groups is 1. The summed E-state index contributed by atoms with van der Waals surface area (Å²) < 4.78 is 0. The summed E-state index contributed by atoms with van der Waals surface area (Å²) in [7, 11) is 0. The predicted molar refractivity (Wildman–Crippen MR) is 70.3 cm³/mol. The van der Waals surface area contributed by atoms with Gasteiger partial charge in [-0.25, -0.2) is 0 Å². The fraction of sp³-hybridized carbons (Fsp3) is 0.538. The molecular weight excluding hydrogens is 243 g/mol. The van der Waals surface area contributed by atoms with Crippen LogP contribution in [-0.4, -0.2) is 11.2 Å². The van der Waals surface area contributed by atoms with Crippen LogP contribution in [0, 0.1) is 0 Å². The molecular formula is C13H18Cl2O. The van der Waals surface area contributed by atoms with E-state index in [1.165, 1.54) is 0 Å². The van der Waals surface area contributed by atoms with Gasteiger partial charge in [-0.2, -0.15) is 0 Å². The van der Waals surface area contributed by atoms with Crippen molar-refractivity contribution in [2.75, 3.05) is 0 Å². The molecule has 0 saturated carbocycles. The summed E-state index contributed by atoms with van der Waals surface area (Å²) >= 11 is 11.9. The molecule has 0 saturated heterocycles. The van der Waals surface area contributed by atoms with E-state index in [4.69, 9.17) is 23.2 Å². The Morgan fingerprint density at radius 1 is 1.25 bits per heavy atom. The normalized spacial score (nSPS) is 12.8. The van der Waals surface area contributed by atoms with Crippen molar-refractivity contribution in [3.05, 3.63) is 33.8 Å². The standard InChI is InChI=1S/C13H18Cl2O/c1-2-4-12(16)6-3-5-10-7-8-11(14)9-13(10)15/h7-9,12,16H,2-6H2,1H3. The number of aliphatic hydroxyl groups excluding tert-OH is 1. The first-order valence-corrected chi connectivity index (χ1v) is 6.51. The van der Waals surface area contributed by atoms with Crippen LogP contribution >= 0.6 is 23.2 Å². The van der Waals surface area contributed by atoms with Crippen LogP contribution in [0.15, 0.2) is 18.2 Å². The van der Waals surface area contributed by atoms with Gasteiger partial charge in [0.25, 0.3) is 0 Å². The molecule has 1 unspecified atom stereocenters. The van der Waals surface area contributed by atoms with Crippen LogP contribution in [0.2, 0.25) is 10.0 Å². The lowest BCUT2D eigenvalue weighted by molar-refractivity contribution is 0.151. The summed E-state index contributed by atoms with van der Waals surface area (Å²) in [6, 6.07) is 5.57. The lowest BCUT2D eigenvalue weighted by atomic mass is 10.0. The zero-order valence-corrected chi connectivity index (χ0v) is 11.1. The Kier molecular flexibility index (Phi) is 6.18. The number of halogens is 2. The molecule has 1 aromatic rings. The van der Waals surface area contributed by atoms with E-state index in [0.717, 1.165) is 42.7 Å². The summed E-state index contributed by atoms with van der Waals surface area (Å²) in [6.07, 6.45) is 4.44. The third-order valence-corrected chi connectivity index (χ3v) is 3.21. The average Bonchev–Trinajstić information content (AvgIpc) is 2.22. The van der Waals surface area contributed by atoms with Gasteiger partial charge in [0.2, 0.25) is 0 Å². The van der Waals surface area contributed by atoms with Gasteiger partial charge < -0.3 is 5.11 Å². The lowest BCUT2D eigenvalue weighted by Gasteiger charge is -2.09. The zero-order chi connectivity index (χ0) is 12.0. The van der Waals surface area contributed by atoms with E-state index in [1.54, 1.807) is 6.07 Å². The van der Waals surface area contributed by atoms with Crippen LogP contribution in [0.5, 0.6) is 0 Å². The van der Waals surface area contributed by atoms with E-state index < -0.39 is 0 Å². The Morgan fingerprint density at radius 2 is 2.00 bits per heavy atom. The maximum absolute atomic E-state index is 9.59. The first kappa shape index (κ1) is 13.8. The SMILES string of the molecule is CCCC(O)CCCc1ccc(Cl)cc1Cl. The summed E-state index contributed by atoms with van der Waals surface area (Å²) in [5, 5.41) is 11.0. The molecule has 0 heterocycles. The number of hydrogen-bond acceptors (Lipinski definition) is 1. The van der Waals surface area contributed by atoms with E-state index >= 15 is 0 Å². The molecule has 0 aromatic heterocycles. The van der Waals surface area contributed by atoms with Gasteiger partial charge in [-0.1, -0.05) is 42.6 Å². The quantitative estimate of drug-likeness (QED) is 0.800. The minimum atomic E-state index is -0.170. The van der Waals surface area contributed by atoms with Crippen molar-refractivity contribution < 1.29 is 5.11 Å². The Morgan fingerprint density at radius 3 is 2.62 bits per heavy atom. The smallest absolute Gasteiger partial charge is 0.0540 e. The largest absolute Gasteiger partial charge is 0.393 e. The van der Waals surface area contributed by atoms with Crippen molar-refractivity contribution in [1.82, 2.24) is 0 Å². The Bertz CT molecular complexity index is 326. The number of benzene rings is 1. The van der Waals surface area contributed by atoms with Gasteiger partial charge in [0.1, 0.15) is 0 Å². The molecule has 3 heteroatoms. The molecule has 0 radical (unpaired) electrons. The second kappa shape index (κ2) is 7.16. The lowest BCUT2D eigenvalue weighted by Crippen LogP contribution is -2.05. The van der Waals surface area contributed by atoms with Crippen molar-refractivity contribution in [3.8, 4) is 0 Å². The first-order valence-electron chi connectivity index (χ1n) is 5.75. The number of aryl methyl sites for hydroxylation is 1. The van der Waals surface area contributed by atoms with Crippen LogP contribution in [0.25, 0.3) is 0 Å². The molecule has 0 aliphatic rings. The summed E-state index contributed by atoms with van der Waals surface area (Å²) in [5.74, 6) is 0. The summed E-state index contributed by atoms with van der Waals surface area (Å²) in [5.41, 5.74) is 1.11. The van der Waals surface area contributed by atoms with Crippen molar-refractivity contribution in [2.24, 2.45) is 0 Å². The second-order valence-electron chi connectivity index (χ2n) is 4.07. The maximum Gasteiger partial charge on any atom is 0.0540 e. The fourth-order valence-electron chi connectivity index (χ4n) is 1.73. The van der Waals surface area contributed by atoms with E-state index in [-0.39, 0.29) is 6.10 Å². The highest BCUT2D eigenvalue weighted by atomic mass is 35.5. The first-order chi connectivity index (χ1) is 7.63. The third kappa shape index (κ3) is 4.73. The Hall–Kier alpha value is -0.240. The highest BCUT2D eigenvalue weighted by Crippen LogP contribution is 2.22. The summed E-state index contributed by atoms with van der Waals surface area (Å²) in [6.45, 7) is 2.08. The molecule has 1 aromatic carbocycles. The van der Waals surface area contributed by atoms with Gasteiger partial charge in [-0.15, -0.1) is 0 Å². The number of hydrogen-bond donors (Lipinski definition) is 1.